The summed E-state index contributed by atoms with van der Waals surface area (Å²) in [5.41, 5.74) is 10.3. The van der Waals surface area contributed by atoms with Gasteiger partial charge in [-0.2, -0.15) is 0 Å². The van der Waals surface area contributed by atoms with Crippen LogP contribution in [0, 0.1) is 12.7 Å². The number of aromatic nitrogens is 1. The zero-order valence-electron chi connectivity index (χ0n) is 14.5. The molecule has 0 saturated carbocycles. The summed E-state index contributed by atoms with van der Waals surface area (Å²) in [6.45, 7) is 2.73. The van der Waals surface area contributed by atoms with Gasteiger partial charge in [-0.3, -0.25) is 4.79 Å². The maximum Gasteiger partial charge on any atom is 0.249 e. The number of fused-ring (bicyclic) bond motifs is 3. The Bertz CT molecular complexity index is 1140. The highest BCUT2D eigenvalue weighted by Gasteiger charge is 2.16. The standard InChI is InChI=1S/C22H19FN2O/c1-14-8-9-17-20(12-14)25(11-10-15-4-2-5-16(23)13-15)19-7-3-6-18(21(17)19)22(24)26/h2-9,12-13H,10-11H2,1H3,(H2,24,26). The topological polar surface area (TPSA) is 48.0 Å². The molecule has 4 heteroatoms. The number of aryl methyl sites for hydroxylation is 3. The fraction of sp³-hybridized carbons (Fsp3) is 0.136. The second-order valence-electron chi connectivity index (χ2n) is 6.62. The highest BCUT2D eigenvalue weighted by molar-refractivity contribution is 6.17. The molecule has 0 aliphatic carbocycles. The van der Waals surface area contributed by atoms with Crippen LogP contribution < -0.4 is 5.73 Å². The number of rotatable bonds is 4. The molecule has 1 amide bonds. The summed E-state index contributed by atoms with van der Waals surface area (Å²) in [7, 11) is 0. The molecule has 1 heterocycles. The average molecular weight is 346 g/mol. The van der Waals surface area contributed by atoms with Gasteiger partial charge in [0.1, 0.15) is 5.82 Å². The van der Waals surface area contributed by atoms with Gasteiger partial charge in [0, 0.05) is 33.9 Å². The molecule has 130 valence electrons. The quantitative estimate of drug-likeness (QED) is 0.577. The summed E-state index contributed by atoms with van der Waals surface area (Å²) in [4.78, 5) is 11.9. The number of hydrogen-bond acceptors (Lipinski definition) is 1. The summed E-state index contributed by atoms with van der Waals surface area (Å²) in [5, 5.41) is 1.90. The summed E-state index contributed by atoms with van der Waals surface area (Å²) in [5.74, 6) is -0.656. The summed E-state index contributed by atoms with van der Waals surface area (Å²) in [6, 6.07) is 18.5. The number of primary amides is 1. The first-order valence-electron chi connectivity index (χ1n) is 8.60. The van der Waals surface area contributed by atoms with Crippen molar-refractivity contribution in [2.45, 2.75) is 19.9 Å². The molecule has 4 aromatic rings. The Hall–Kier alpha value is -3.14. The third-order valence-corrected chi connectivity index (χ3v) is 4.83. The predicted molar refractivity (Wildman–Crippen MR) is 103 cm³/mol. The van der Waals surface area contributed by atoms with Crippen molar-refractivity contribution in [1.82, 2.24) is 4.57 Å². The van der Waals surface area contributed by atoms with E-state index in [0.29, 0.717) is 18.5 Å². The summed E-state index contributed by atoms with van der Waals surface area (Å²) >= 11 is 0. The third kappa shape index (κ3) is 2.73. The molecular weight excluding hydrogens is 327 g/mol. The van der Waals surface area contributed by atoms with Crippen molar-refractivity contribution in [1.29, 1.82) is 0 Å². The second kappa shape index (κ2) is 6.30. The molecule has 0 fully saturated rings. The van der Waals surface area contributed by atoms with E-state index in [2.05, 4.69) is 10.6 Å². The number of carbonyl (C=O) groups is 1. The molecular formula is C22H19FN2O. The van der Waals surface area contributed by atoms with Crippen LogP contribution in [0.1, 0.15) is 21.5 Å². The zero-order valence-corrected chi connectivity index (χ0v) is 14.5. The van der Waals surface area contributed by atoms with Crippen LogP contribution in [0.25, 0.3) is 21.8 Å². The van der Waals surface area contributed by atoms with E-state index in [9.17, 15) is 9.18 Å². The first kappa shape index (κ1) is 16.3. The van der Waals surface area contributed by atoms with E-state index < -0.39 is 5.91 Å². The van der Waals surface area contributed by atoms with Crippen molar-refractivity contribution < 1.29 is 9.18 Å². The molecule has 3 nitrogen and oxygen atoms in total. The molecule has 0 aliphatic rings. The lowest BCUT2D eigenvalue weighted by atomic mass is 10.1. The van der Waals surface area contributed by atoms with Gasteiger partial charge in [-0.25, -0.2) is 4.39 Å². The van der Waals surface area contributed by atoms with Crippen LogP contribution in [0.4, 0.5) is 4.39 Å². The Morgan fingerprint density at radius 1 is 1.04 bits per heavy atom. The van der Waals surface area contributed by atoms with Crippen molar-refractivity contribution in [3.05, 3.63) is 83.2 Å². The van der Waals surface area contributed by atoms with E-state index in [0.717, 1.165) is 32.9 Å². The van der Waals surface area contributed by atoms with Crippen molar-refractivity contribution >= 4 is 27.7 Å². The van der Waals surface area contributed by atoms with Gasteiger partial charge in [0.2, 0.25) is 5.91 Å². The Labute approximate surface area is 150 Å². The number of nitrogens with two attached hydrogens (primary N) is 1. The van der Waals surface area contributed by atoms with Crippen molar-refractivity contribution in [2.75, 3.05) is 0 Å². The number of benzene rings is 3. The Kier molecular flexibility index (Phi) is 3.96. The number of hydrogen-bond donors (Lipinski definition) is 1. The van der Waals surface area contributed by atoms with Crippen LogP contribution in [-0.4, -0.2) is 10.5 Å². The monoisotopic (exact) mass is 346 g/mol. The molecule has 4 rings (SSSR count). The largest absolute Gasteiger partial charge is 0.366 e. The molecule has 0 radical (unpaired) electrons. The SMILES string of the molecule is Cc1ccc2c3c(C(N)=O)cccc3n(CCc3cccc(F)c3)c2c1. The lowest BCUT2D eigenvalue weighted by Crippen LogP contribution is -2.11. The van der Waals surface area contributed by atoms with Gasteiger partial charge in [0.15, 0.2) is 0 Å². The van der Waals surface area contributed by atoms with Crippen LogP contribution in [0.3, 0.4) is 0 Å². The molecule has 0 saturated heterocycles. The van der Waals surface area contributed by atoms with Crippen LogP contribution in [0.5, 0.6) is 0 Å². The second-order valence-corrected chi connectivity index (χ2v) is 6.62. The highest BCUT2D eigenvalue weighted by atomic mass is 19.1. The third-order valence-electron chi connectivity index (χ3n) is 4.83. The first-order chi connectivity index (χ1) is 12.5. The maximum atomic E-state index is 13.5. The van der Waals surface area contributed by atoms with Crippen LogP contribution >= 0.6 is 0 Å². The van der Waals surface area contributed by atoms with Crippen molar-refractivity contribution in [3.8, 4) is 0 Å². The minimum atomic E-state index is -0.430. The van der Waals surface area contributed by atoms with Gasteiger partial charge < -0.3 is 10.3 Å². The number of amides is 1. The van der Waals surface area contributed by atoms with Gasteiger partial charge in [-0.15, -0.1) is 0 Å². The Balaban J connectivity index is 1.90. The molecule has 0 bridgehead atoms. The van der Waals surface area contributed by atoms with Gasteiger partial charge in [0.05, 0.1) is 0 Å². The number of halogens is 1. The lowest BCUT2D eigenvalue weighted by Gasteiger charge is -2.08. The smallest absolute Gasteiger partial charge is 0.249 e. The summed E-state index contributed by atoms with van der Waals surface area (Å²) in [6.07, 6.45) is 0.700. The van der Waals surface area contributed by atoms with Crippen LogP contribution in [-0.2, 0) is 13.0 Å². The molecule has 0 unspecified atom stereocenters. The minimum Gasteiger partial charge on any atom is -0.366 e. The molecule has 1 aromatic heterocycles. The van der Waals surface area contributed by atoms with Gasteiger partial charge >= 0.3 is 0 Å². The fourth-order valence-electron chi connectivity index (χ4n) is 3.63. The summed E-state index contributed by atoms with van der Waals surface area (Å²) < 4.78 is 15.7. The van der Waals surface area contributed by atoms with Crippen LogP contribution in [0.2, 0.25) is 0 Å². The van der Waals surface area contributed by atoms with E-state index in [1.165, 1.54) is 6.07 Å². The lowest BCUT2D eigenvalue weighted by molar-refractivity contribution is 0.100. The van der Waals surface area contributed by atoms with Gasteiger partial charge in [-0.05, 0) is 54.8 Å². The average Bonchev–Trinajstić information content (AvgIpc) is 2.92. The van der Waals surface area contributed by atoms with Crippen molar-refractivity contribution in [3.63, 3.8) is 0 Å². The molecule has 0 atom stereocenters. The highest BCUT2D eigenvalue weighted by Crippen LogP contribution is 2.32. The van der Waals surface area contributed by atoms with E-state index in [-0.39, 0.29) is 5.82 Å². The normalized spacial score (nSPS) is 11.3. The molecule has 0 spiro atoms. The Morgan fingerprint density at radius 2 is 1.85 bits per heavy atom. The first-order valence-corrected chi connectivity index (χ1v) is 8.60. The predicted octanol–water partition coefficient (Wildman–Crippen LogP) is 4.58. The molecule has 2 N–H and O–H groups in total. The van der Waals surface area contributed by atoms with E-state index in [4.69, 9.17) is 5.73 Å². The molecule has 26 heavy (non-hydrogen) atoms. The zero-order chi connectivity index (χ0) is 18.3. The Morgan fingerprint density at radius 3 is 2.62 bits per heavy atom. The van der Waals surface area contributed by atoms with E-state index in [1.54, 1.807) is 18.2 Å². The number of nitrogens with zero attached hydrogens (tertiary/aromatic N) is 1. The minimum absolute atomic E-state index is 0.225. The molecule has 3 aromatic carbocycles. The maximum absolute atomic E-state index is 13.5. The van der Waals surface area contributed by atoms with Gasteiger partial charge in [-0.1, -0.05) is 30.3 Å². The van der Waals surface area contributed by atoms with Crippen molar-refractivity contribution in [2.24, 2.45) is 5.73 Å². The van der Waals surface area contributed by atoms with E-state index >= 15 is 0 Å². The molecule has 0 aliphatic heterocycles. The van der Waals surface area contributed by atoms with Gasteiger partial charge in [0.25, 0.3) is 0 Å². The van der Waals surface area contributed by atoms with Crippen LogP contribution in [0.15, 0.2) is 60.7 Å². The number of carbonyl (C=O) groups excluding carboxylic acids is 1. The van der Waals surface area contributed by atoms with E-state index in [1.807, 2.05) is 37.3 Å². The fourth-order valence-corrected chi connectivity index (χ4v) is 3.63.